The van der Waals surface area contributed by atoms with Crippen LogP contribution in [-0.2, 0) is 10.0 Å². The lowest BCUT2D eigenvalue weighted by atomic mass is 10.1. The molecule has 0 amide bonds. The second kappa shape index (κ2) is 5.28. The van der Waals surface area contributed by atoms with Crippen molar-refractivity contribution in [3.8, 4) is 5.75 Å². The summed E-state index contributed by atoms with van der Waals surface area (Å²) >= 11 is 0. The topological polar surface area (TPSA) is 55.4 Å². The molecule has 0 saturated heterocycles. The number of hydrogen-bond acceptors (Lipinski definition) is 3. The van der Waals surface area contributed by atoms with Gasteiger partial charge in [-0.25, -0.2) is 13.1 Å². The van der Waals surface area contributed by atoms with E-state index in [-0.39, 0.29) is 11.0 Å². The Balaban J connectivity index is 2.08. The highest BCUT2D eigenvalue weighted by atomic mass is 32.2. The van der Waals surface area contributed by atoms with E-state index in [2.05, 4.69) is 11.6 Å². The molecular weight excluding hydrogens is 250 g/mol. The van der Waals surface area contributed by atoms with E-state index in [1.165, 1.54) is 19.9 Å². The predicted molar refractivity (Wildman–Crippen MR) is 70.1 cm³/mol. The van der Waals surface area contributed by atoms with E-state index in [1.807, 2.05) is 0 Å². The SMILES string of the molecule is CNS(=O)(=O)c1ccc(O[C@H]2CCC[C@H]2C)cc1. The summed E-state index contributed by atoms with van der Waals surface area (Å²) in [4.78, 5) is 0.261. The van der Waals surface area contributed by atoms with Crippen LogP contribution in [0.25, 0.3) is 0 Å². The highest BCUT2D eigenvalue weighted by Crippen LogP contribution is 2.29. The Hall–Kier alpha value is -1.07. The largest absolute Gasteiger partial charge is 0.490 e. The van der Waals surface area contributed by atoms with Crippen LogP contribution in [0.2, 0.25) is 0 Å². The standard InChI is InChI=1S/C13H19NO3S/c1-10-4-3-5-13(10)17-11-6-8-12(9-7-11)18(15,16)14-2/h6-10,13-14H,3-5H2,1-2H3/t10-,13+/m1/s1. The monoisotopic (exact) mass is 269 g/mol. The summed E-state index contributed by atoms with van der Waals surface area (Å²) in [7, 11) is -1.96. The second-order valence-electron chi connectivity index (χ2n) is 4.74. The lowest BCUT2D eigenvalue weighted by Crippen LogP contribution is -2.20. The smallest absolute Gasteiger partial charge is 0.240 e. The average molecular weight is 269 g/mol. The predicted octanol–water partition coefficient (Wildman–Crippen LogP) is 2.16. The first-order valence-electron chi connectivity index (χ1n) is 6.23. The van der Waals surface area contributed by atoms with Crippen molar-refractivity contribution in [3.05, 3.63) is 24.3 Å². The zero-order chi connectivity index (χ0) is 13.2. The molecule has 1 aliphatic rings. The quantitative estimate of drug-likeness (QED) is 0.911. The van der Waals surface area contributed by atoms with Crippen LogP contribution in [0.15, 0.2) is 29.2 Å². The van der Waals surface area contributed by atoms with Crippen molar-refractivity contribution < 1.29 is 13.2 Å². The molecule has 0 radical (unpaired) electrons. The lowest BCUT2D eigenvalue weighted by molar-refractivity contribution is 0.167. The number of hydrogen-bond donors (Lipinski definition) is 1. The molecular formula is C13H19NO3S. The molecule has 0 heterocycles. The van der Waals surface area contributed by atoms with Crippen LogP contribution in [0.3, 0.4) is 0 Å². The number of benzene rings is 1. The average Bonchev–Trinajstić information content (AvgIpc) is 2.76. The van der Waals surface area contributed by atoms with Crippen LogP contribution < -0.4 is 9.46 Å². The van der Waals surface area contributed by atoms with Gasteiger partial charge in [0, 0.05) is 0 Å². The zero-order valence-corrected chi connectivity index (χ0v) is 11.5. The molecule has 4 nitrogen and oxygen atoms in total. The van der Waals surface area contributed by atoms with Gasteiger partial charge < -0.3 is 4.74 Å². The number of ether oxygens (including phenoxy) is 1. The van der Waals surface area contributed by atoms with Gasteiger partial charge in [0.05, 0.1) is 4.90 Å². The van der Waals surface area contributed by atoms with Gasteiger partial charge in [-0.2, -0.15) is 0 Å². The molecule has 0 spiro atoms. The number of sulfonamides is 1. The van der Waals surface area contributed by atoms with Gasteiger partial charge in [0.2, 0.25) is 10.0 Å². The molecule has 0 aliphatic heterocycles. The molecule has 1 saturated carbocycles. The molecule has 1 aliphatic carbocycles. The Bertz CT molecular complexity index is 495. The molecule has 0 aromatic heterocycles. The van der Waals surface area contributed by atoms with Crippen molar-refractivity contribution >= 4 is 10.0 Å². The summed E-state index contributed by atoms with van der Waals surface area (Å²) in [5, 5.41) is 0. The second-order valence-corrected chi connectivity index (χ2v) is 6.63. The number of rotatable bonds is 4. The van der Waals surface area contributed by atoms with E-state index in [0.717, 1.165) is 12.2 Å². The van der Waals surface area contributed by atoms with Crippen molar-refractivity contribution in [3.63, 3.8) is 0 Å². The highest BCUT2D eigenvalue weighted by Gasteiger charge is 2.25. The third-order valence-electron chi connectivity index (χ3n) is 3.47. The molecule has 2 atom stereocenters. The van der Waals surface area contributed by atoms with Crippen LogP contribution >= 0.6 is 0 Å². The normalized spacial score (nSPS) is 24.1. The van der Waals surface area contributed by atoms with Crippen LogP contribution in [0.1, 0.15) is 26.2 Å². The zero-order valence-electron chi connectivity index (χ0n) is 10.7. The van der Waals surface area contributed by atoms with E-state index >= 15 is 0 Å². The minimum absolute atomic E-state index is 0.261. The molecule has 1 fully saturated rings. The fraction of sp³-hybridized carbons (Fsp3) is 0.538. The molecule has 18 heavy (non-hydrogen) atoms. The van der Waals surface area contributed by atoms with Crippen molar-refractivity contribution in [2.45, 2.75) is 37.2 Å². The van der Waals surface area contributed by atoms with Crippen molar-refractivity contribution in [1.29, 1.82) is 0 Å². The van der Waals surface area contributed by atoms with Gasteiger partial charge in [-0.15, -0.1) is 0 Å². The fourth-order valence-electron chi connectivity index (χ4n) is 2.28. The Morgan fingerprint density at radius 2 is 1.89 bits per heavy atom. The van der Waals surface area contributed by atoms with Gasteiger partial charge in [0.15, 0.2) is 0 Å². The maximum atomic E-state index is 11.6. The van der Waals surface area contributed by atoms with Crippen LogP contribution in [-0.4, -0.2) is 21.6 Å². The summed E-state index contributed by atoms with van der Waals surface area (Å²) < 4.78 is 31.3. The molecule has 0 unspecified atom stereocenters. The van der Waals surface area contributed by atoms with E-state index < -0.39 is 10.0 Å². The van der Waals surface area contributed by atoms with E-state index in [4.69, 9.17) is 4.74 Å². The minimum atomic E-state index is -3.36. The third-order valence-corrected chi connectivity index (χ3v) is 4.90. The molecule has 1 aromatic carbocycles. The lowest BCUT2D eigenvalue weighted by Gasteiger charge is -2.18. The summed E-state index contributed by atoms with van der Waals surface area (Å²) in [6.45, 7) is 2.19. The summed E-state index contributed by atoms with van der Waals surface area (Å²) in [6.07, 6.45) is 3.75. The highest BCUT2D eigenvalue weighted by molar-refractivity contribution is 7.89. The van der Waals surface area contributed by atoms with Gasteiger partial charge in [0.25, 0.3) is 0 Å². The molecule has 1 N–H and O–H groups in total. The van der Waals surface area contributed by atoms with Gasteiger partial charge in [-0.05, 0) is 56.5 Å². The third kappa shape index (κ3) is 2.84. The first kappa shape index (κ1) is 13.4. The summed E-state index contributed by atoms with van der Waals surface area (Å²) in [5.74, 6) is 1.31. The molecule has 5 heteroatoms. The summed E-state index contributed by atoms with van der Waals surface area (Å²) in [5.41, 5.74) is 0. The Morgan fingerprint density at radius 1 is 1.22 bits per heavy atom. The van der Waals surface area contributed by atoms with Gasteiger partial charge >= 0.3 is 0 Å². The molecule has 0 bridgehead atoms. The molecule has 1 aromatic rings. The molecule has 100 valence electrons. The van der Waals surface area contributed by atoms with Crippen molar-refractivity contribution in [2.75, 3.05) is 7.05 Å². The maximum absolute atomic E-state index is 11.6. The Labute approximate surface area is 108 Å². The van der Waals surface area contributed by atoms with Crippen LogP contribution in [0, 0.1) is 5.92 Å². The van der Waals surface area contributed by atoms with Crippen LogP contribution in [0.5, 0.6) is 5.75 Å². The van der Waals surface area contributed by atoms with E-state index in [1.54, 1.807) is 24.3 Å². The number of nitrogens with one attached hydrogen (secondary N) is 1. The van der Waals surface area contributed by atoms with Crippen molar-refractivity contribution in [2.24, 2.45) is 5.92 Å². The molecule has 2 rings (SSSR count). The van der Waals surface area contributed by atoms with E-state index in [9.17, 15) is 8.42 Å². The fourth-order valence-corrected chi connectivity index (χ4v) is 3.01. The van der Waals surface area contributed by atoms with Gasteiger partial charge in [-0.3, -0.25) is 0 Å². The summed E-state index contributed by atoms with van der Waals surface area (Å²) in [6, 6.07) is 6.58. The first-order valence-corrected chi connectivity index (χ1v) is 7.71. The Morgan fingerprint density at radius 3 is 2.39 bits per heavy atom. The van der Waals surface area contributed by atoms with Crippen LogP contribution in [0.4, 0.5) is 0 Å². The van der Waals surface area contributed by atoms with E-state index in [0.29, 0.717) is 5.92 Å². The Kier molecular flexibility index (Phi) is 3.92. The first-order chi connectivity index (χ1) is 8.53. The van der Waals surface area contributed by atoms with Crippen molar-refractivity contribution in [1.82, 2.24) is 4.72 Å². The minimum Gasteiger partial charge on any atom is -0.490 e. The van der Waals surface area contributed by atoms with Gasteiger partial charge in [0.1, 0.15) is 11.9 Å². The van der Waals surface area contributed by atoms with Gasteiger partial charge in [-0.1, -0.05) is 6.92 Å². The maximum Gasteiger partial charge on any atom is 0.240 e.